The highest BCUT2D eigenvalue weighted by Gasteiger charge is 2.67. The molecule has 1 heterocycles. The molecule has 6 nitrogen and oxygen atoms in total. The molecule has 0 spiro atoms. The predicted molar refractivity (Wildman–Crippen MR) is 139 cm³/mol. The molecule has 0 aromatic heterocycles. The number of hydrogen-bond acceptors (Lipinski definition) is 4. The molecule has 5 rings (SSSR count). The minimum atomic E-state index is -0.667. The molecule has 182 valence electrons. The van der Waals surface area contributed by atoms with Gasteiger partial charge >= 0.3 is 0 Å². The van der Waals surface area contributed by atoms with E-state index in [1.54, 1.807) is 0 Å². The largest absolute Gasteiger partial charge is 0.292 e. The van der Waals surface area contributed by atoms with Crippen molar-refractivity contribution in [2.75, 3.05) is 6.54 Å². The number of carbonyl (C=O) groups is 4. The van der Waals surface area contributed by atoms with Gasteiger partial charge in [0.2, 0.25) is 0 Å². The van der Waals surface area contributed by atoms with Crippen LogP contribution in [-0.2, 0) is 9.59 Å². The van der Waals surface area contributed by atoms with Crippen LogP contribution in [0.25, 0.3) is 0 Å². The van der Waals surface area contributed by atoms with Crippen LogP contribution in [0.5, 0.6) is 0 Å². The summed E-state index contributed by atoms with van der Waals surface area (Å²) in [7, 11) is 0. The fraction of sp³-hybridized carbons (Fsp3) is 0.333. The first-order chi connectivity index (χ1) is 16.6. The first-order valence-electron chi connectivity index (χ1n) is 10.8. The van der Waals surface area contributed by atoms with E-state index >= 15 is 0 Å². The zero-order valence-corrected chi connectivity index (χ0v) is 23.3. The lowest BCUT2D eigenvalue weighted by Gasteiger charge is -2.31. The third kappa shape index (κ3) is 4.15. The van der Waals surface area contributed by atoms with E-state index in [2.05, 4.69) is 31.9 Å². The lowest BCUT2D eigenvalue weighted by atomic mass is 9.81. The van der Waals surface area contributed by atoms with Gasteiger partial charge in [0, 0.05) is 30.8 Å². The summed E-state index contributed by atoms with van der Waals surface area (Å²) in [6.45, 7) is -0.551. The Balaban J connectivity index is 1.52. The molecule has 0 N–H and O–H groups in total. The van der Waals surface area contributed by atoms with Crippen molar-refractivity contribution in [2.24, 2.45) is 23.7 Å². The van der Waals surface area contributed by atoms with E-state index in [9.17, 15) is 19.2 Å². The van der Waals surface area contributed by atoms with Crippen molar-refractivity contribution in [3.63, 3.8) is 0 Å². The predicted octanol–water partition coefficient (Wildman–Crippen LogP) is 5.66. The van der Waals surface area contributed by atoms with Crippen molar-refractivity contribution in [2.45, 2.75) is 16.1 Å². The molecule has 3 amide bonds. The number of rotatable bonds is 5. The molecule has 2 aromatic rings. The molecule has 0 unspecified atom stereocenters. The van der Waals surface area contributed by atoms with Gasteiger partial charge in [0.1, 0.15) is 6.54 Å². The average molecular weight is 664 g/mol. The van der Waals surface area contributed by atoms with E-state index in [0.29, 0.717) is 10.0 Å². The van der Waals surface area contributed by atoms with E-state index in [4.69, 9.17) is 34.8 Å². The van der Waals surface area contributed by atoms with Crippen LogP contribution in [0.15, 0.2) is 42.5 Å². The van der Waals surface area contributed by atoms with E-state index in [-0.39, 0.29) is 37.6 Å². The zero-order valence-electron chi connectivity index (χ0n) is 17.8. The maximum absolute atomic E-state index is 13.6. The van der Waals surface area contributed by atoms with Crippen molar-refractivity contribution in [3.05, 3.63) is 68.7 Å². The summed E-state index contributed by atoms with van der Waals surface area (Å²) in [5.41, 5.74) is 0.312. The van der Waals surface area contributed by atoms with Crippen LogP contribution in [0, 0.1) is 23.7 Å². The summed E-state index contributed by atoms with van der Waals surface area (Å²) in [5.74, 6) is -3.29. The first-order valence-corrected chi connectivity index (χ1v) is 13.8. The number of fused-ring (bicyclic) bond motifs is 5. The van der Waals surface area contributed by atoms with Crippen molar-refractivity contribution < 1.29 is 19.2 Å². The summed E-state index contributed by atoms with van der Waals surface area (Å²) >= 11 is 25.4. The van der Waals surface area contributed by atoms with E-state index in [1.165, 1.54) is 42.5 Å². The molecule has 3 aliphatic rings. The third-order valence-electron chi connectivity index (χ3n) is 7.06. The van der Waals surface area contributed by atoms with Crippen LogP contribution < -0.4 is 0 Å². The molecule has 1 aliphatic heterocycles. The third-order valence-corrected chi connectivity index (χ3v) is 11.1. The number of alkyl halides is 2. The van der Waals surface area contributed by atoms with Crippen molar-refractivity contribution in [3.8, 4) is 0 Å². The van der Waals surface area contributed by atoms with Gasteiger partial charge in [0.25, 0.3) is 17.7 Å². The number of hydrogen-bond donors (Lipinski definition) is 0. The molecule has 11 heteroatoms. The van der Waals surface area contributed by atoms with Crippen molar-refractivity contribution in [1.29, 1.82) is 0 Å². The van der Waals surface area contributed by atoms with Gasteiger partial charge in [-0.05, 0) is 60.7 Å². The number of hydrazine groups is 1. The molecular weight excluding hydrogens is 646 g/mol. The van der Waals surface area contributed by atoms with Gasteiger partial charge in [-0.3, -0.25) is 19.2 Å². The Morgan fingerprint density at radius 1 is 0.886 bits per heavy atom. The molecule has 2 aliphatic carbocycles. The summed E-state index contributed by atoms with van der Waals surface area (Å²) < 4.78 is 0. The highest BCUT2D eigenvalue weighted by Crippen LogP contribution is 2.60. The Kier molecular flexibility index (Phi) is 6.81. The maximum atomic E-state index is 13.6. The standard InChI is InChI=1S/C24H17Br2Cl3N2O4/c25-20-14-8-15(21(20)26)19-18(14)23(34)31(24(19)35)30(22(33)10-1-3-11(27)4-2-10)9-17(32)13-6-5-12(28)7-16(13)29/h1-7,14-15,18-21H,8-9H2/t14-,15-,18-,19-,20+,21+/m1/s1. The zero-order chi connectivity index (χ0) is 25.2. The van der Waals surface area contributed by atoms with Gasteiger partial charge in [-0.25, -0.2) is 5.01 Å². The normalized spacial score (nSPS) is 29.0. The molecule has 2 bridgehead atoms. The van der Waals surface area contributed by atoms with E-state index in [0.717, 1.165) is 16.4 Å². The average Bonchev–Trinajstić information content (AvgIpc) is 3.42. The molecule has 2 aromatic carbocycles. The van der Waals surface area contributed by atoms with Gasteiger partial charge in [0.15, 0.2) is 5.78 Å². The van der Waals surface area contributed by atoms with Gasteiger partial charge in [-0.2, -0.15) is 5.01 Å². The molecule has 1 saturated heterocycles. The fourth-order valence-corrected chi connectivity index (χ4v) is 8.00. The topological polar surface area (TPSA) is 74.8 Å². The minimum Gasteiger partial charge on any atom is -0.292 e. The molecule has 35 heavy (non-hydrogen) atoms. The number of Topliss-reactive ketones (excluding diaryl/α,β-unsaturated/α-hetero) is 1. The highest BCUT2D eigenvalue weighted by molar-refractivity contribution is 9.12. The van der Waals surface area contributed by atoms with E-state index in [1.807, 2.05) is 0 Å². The Hall–Kier alpha value is -1.45. The molecular formula is C24H17Br2Cl3N2O4. The Morgan fingerprint density at radius 3 is 1.97 bits per heavy atom. The minimum absolute atomic E-state index is 0.0373. The second-order valence-electron chi connectivity index (χ2n) is 8.91. The summed E-state index contributed by atoms with van der Waals surface area (Å²) in [6, 6.07) is 10.4. The number of benzene rings is 2. The second kappa shape index (κ2) is 9.45. The Morgan fingerprint density at radius 2 is 1.43 bits per heavy atom. The number of amides is 3. The number of nitrogens with zero attached hydrogens (tertiary/aromatic N) is 2. The van der Waals surface area contributed by atoms with Crippen LogP contribution in [0.3, 0.4) is 0 Å². The molecule has 6 atom stereocenters. The first kappa shape index (κ1) is 25.2. The summed E-state index contributed by atoms with van der Waals surface area (Å²) in [5, 5.41) is 2.69. The number of imide groups is 1. The van der Waals surface area contributed by atoms with Crippen LogP contribution in [0.2, 0.25) is 15.1 Å². The quantitative estimate of drug-likeness (QED) is 0.235. The molecule has 0 radical (unpaired) electrons. The van der Waals surface area contributed by atoms with Gasteiger partial charge in [-0.1, -0.05) is 66.7 Å². The van der Waals surface area contributed by atoms with Gasteiger partial charge in [-0.15, -0.1) is 0 Å². The lowest BCUT2D eigenvalue weighted by molar-refractivity contribution is -0.154. The van der Waals surface area contributed by atoms with Crippen molar-refractivity contribution >= 4 is 90.2 Å². The smallest absolute Gasteiger partial charge is 0.273 e. The van der Waals surface area contributed by atoms with Crippen LogP contribution in [0.4, 0.5) is 0 Å². The number of halogens is 5. The summed E-state index contributed by atoms with van der Waals surface area (Å²) in [6.07, 6.45) is 0.747. The monoisotopic (exact) mass is 660 g/mol. The lowest BCUT2D eigenvalue weighted by Crippen LogP contribution is -2.52. The molecule has 2 saturated carbocycles. The number of carbonyl (C=O) groups excluding carboxylic acids is 4. The number of ketones is 1. The van der Waals surface area contributed by atoms with E-state index < -0.39 is 41.9 Å². The molecule has 3 fully saturated rings. The second-order valence-corrected chi connectivity index (χ2v) is 12.3. The van der Waals surface area contributed by atoms with Gasteiger partial charge in [0.05, 0.1) is 16.9 Å². The van der Waals surface area contributed by atoms with Crippen LogP contribution >= 0.6 is 66.7 Å². The maximum Gasteiger partial charge on any atom is 0.273 e. The van der Waals surface area contributed by atoms with Crippen LogP contribution in [-0.4, -0.2) is 49.7 Å². The Bertz CT molecular complexity index is 1230. The summed E-state index contributed by atoms with van der Waals surface area (Å²) in [4.78, 5) is 54.1. The SMILES string of the molecule is O=C(CN(C(=O)c1ccc(Cl)cc1)N1C(=O)[C@@H]2[C@H]3C[C@@H]([C@H](Br)[C@H]3Br)[C@H]2C1=O)c1ccc(Cl)cc1Cl. The fourth-order valence-electron chi connectivity index (χ4n) is 5.48. The highest BCUT2D eigenvalue weighted by atomic mass is 79.9. The Labute approximate surface area is 233 Å². The van der Waals surface area contributed by atoms with Crippen LogP contribution in [0.1, 0.15) is 27.1 Å². The van der Waals surface area contributed by atoms with Crippen molar-refractivity contribution in [1.82, 2.24) is 10.0 Å². The van der Waals surface area contributed by atoms with Gasteiger partial charge < -0.3 is 0 Å².